The van der Waals surface area contributed by atoms with E-state index in [0.717, 1.165) is 22.6 Å². The number of hydrogen-bond donors (Lipinski definition) is 1. The van der Waals surface area contributed by atoms with Crippen molar-refractivity contribution in [2.75, 3.05) is 0 Å². The molecule has 2 aromatic rings. The number of hydrogen-bond acceptors (Lipinski definition) is 4. The van der Waals surface area contributed by atoms with Crippen molar-refractivity contribution in [2.24, 2.45) is 5.16 Å². The minimum Gasteiger partial charge on any atom is -0.379 e. The lowest BCUT2D eigenvalue weighted by molar-refractivity contribution is -0.141. The molecule has 0 spiro atoms. The maximum Gasteiger partial charge on any atom is 0.267 e. The van der Waals surface area contributed by atoms with E-state index in [1.54, 1.807) is 13.1 Å². The van der Waals surface area contributed by atoms with Gasteiger partial charge in [0.05, 0.1) is 24.1 Å². The van der Waals surface area contributed by atoms with E-state index in [0.29, 0.717) is 13.0 Å². The van der Waals surface area contributed by atoms with E-state index in [9.17, 15) is 4.79 Å². The van der Waals surface area contributed by atoms with E-state index >= 15 is 0 Å². The lowest BCUT2D eigenvalue weighted by Gasteiger charge is -2.20. The predicted octanol–water partition coefficient (Wildman–Crippen LogP) is 1.81. The van der Waals surface area contributed by atoms with Crippen LogP contribution >= 0.6 is 0 Å². The maximum absolute atomic E-state index is 12.3. The summed E-state index contributed by atoms with van der Waals surface area (Å²) in [6.45, 7) is 6.02. The summed E-state index contributed by atoms with van der Waals surface area (Å²) < 4.78 is 1.98. The van der Waals surface area contributed by atoms with Gasteiger partial charge in [0.2, 0.25) is 5.60 Å². The van der Waals surface area contributed by atoms with Crippen molar-refractivity contribution >= 4 is 17.3 Å². The van der Waals surface area contributed by atoms with Crippen LogP contribution in [0.15, 0.2) is 29.7 Å². The molecular weight excluding hydrogens is 268 g/mol. The van der Waals surface area contributed by atoms with Crippen LogP contribution < -0.4 is 5.32 Å². The SMILES string of the molecule is CC1=NO[C@](C)(C(=O)NCc2cnc3c(C)cccn23)C1. The Hall–Kier alpha value is -2.37. The Kier molecular flexibility index (Phi) is 3.16. The number of fused-ring (bicyclic) bond motifs is 1. The first-order chi connectivity index (χ1) is 9.99. The molecule has 0 saturated carbocycles. The molecule has 0 aliphatic carbocycles. The molecule has 3 heterocycles. The van der Waals surface area contributed by atoms with E-state index in [4.69, 9.17) is 4.84 Å². The van der Waals surface area contributed by atoms with Gasteiger partial charge in [-0.05, 0) is 32.4 Å². The molecule has 3 rings (SSSR count). The average Bonchev–Trinajstić information content (AvgIpc) is 3.02. The van der Waals surface area contributed by atoms with Crippen LogP contribution in [0.2, 0.25) is 0 Å². The number of carbonyl (C=O) groups excluding carboxylic acids is 1. The number of rotatable bonds is 3. The normalized spacial score (nSPS) is 21.2. The Labute approximate surface area is 122 Å². The van der Waals surface area contributed by atoms with Gasteiger partial charge in [-0.3, -0.25) is 4.79 Å². The van der Waals surface area contributed by atoms with E-state index < -0.39 is 5.60 Å². The van der Waals surface area contributed by atoms with E-state index in [2.05, 4.69) is 15.5 Å². The molecule has 0 unspecified atom stereocenters. The number of pyridine rings is 1. The quantitative estimate of drug-likeness (QED) is 0.935. The molecule has 0 bridgehead atoms. The van der Waals surface area contributed by atoms with E-state index in [-0.39, 0.29) is 5.91 Å². The first-order valence-electron chi connectivity index (χ1n) is 6.91. The molecule has 6 nitrogen and oxygen atoms in total. The number of aromatic nitrogens is 2. The van der Waals surface area contributed by atoms with Gasteiger partial charge in [0, 0.05) is 12.6 Å². The van der Waals surface area contributed by atoms with Crippen LogP contribution in [0, 0.1) is 6.92 Å². The second-order valence-electron chi connectivity index (χ2n) is 5.64. The molecule has 6 heteroatoms. The Morgan fingerprint density at radius 2 is 2.33 bits per heavy atom. The number of imidazole rings is 1. The Morgan fingerprint density at radius 3 is 3.05 bits per heavy atom. The van der Waals surface area contributed by atoms with Gasteiger partial charge in [-0.15, -0.1) is 0 Å². The summed E-state index contributed by atoms with van der Waals surface area (Å²) in [5.41, 5.74) is 2.87. The summed E-state index contributed by atoms with van der Waals surface area (Å²) in [5.74, 6) is -0.161. The fraction of sp³-hybridized carbons (Fsp3) is 0.400. The van der Waals surface area contributed by atoms with Crippen LogP contribution in [-0.4, -0.2) is 26.6 Å². The Balaban J connectivity index is 1.72. The zero-order valence-electron chi connectivity index (χ0n) is 12.4. The van der Waals surface area contributed by atoms with Crippen LogP contribution in [0.3, 0.4) is 0 Å². The fourth-order valence-corrected chi connectivity index (χ4v) is 2.54. The summed E-state index contributed by atoms with van der Waals surface area (Å²) in [7, 11) is 0. The van der Waals surface area contributed by atoms with Gasteiger partial charge < -0.3 is 14.6 Å². The summed E-state index contributed by atoms with van der Waals surface area (Å²) in [5, 5.41) is 6.76. The van der Waals surface area contributed by atoms with Gasteiger partial charge in [-0.25, -0.2) is 4.98 Å². The largest absolute Gasteiger partial charge is 0.379 e. The van der Waals surface area contributed by atoms with Gasteiger partial charge in [0.15, 0.2) is 0 Å². The van der Waals surface area contributed by atoms with Crippen LogP contribution in [-0.2, 0) is 16.2 Å². The fourth-order valence-electron chi connectivity index (χ4n) is 2.54. The summed E-state index contributed by atoms with van der Waals surface area (Å²) in [6.07, 6.45) is 4.24. The van der Waals surface area contributed by atoms with Crippen LogP contribution in [0.25, 0.3) is 5.65 Å². The third kappa shape index (κ3) is 2.37. The Bertz CT molecular complexity index is 734. The van der Waals surface area contributed by atoms with Gasteiger partial charge in [-0.1, -0.05) is 11.2 Å². The highest BCUT2D eigenvalue weighted by Crippen LogP contribution is 2.23. The van der Waals surface area contributed by atoms with Gasteiger partial charge in [-0.2, -0.15) is 0 Å². The number of amides is 1. The molecule has 2 aromatic heterocycles. The highest BCUT2D eigenvalue weighted by molar-refractivity contribution is 5.94. The van der Waals surface area contributed by atoms with Crippen LogP contribution in [0.4, 0.5) is 0 Å². The van der Waals surface area contributed by atoms with Gasteiger partial charge in [0.1, 0.15) is 5.65 Å². The second kappa shape index (κ2) is 4.87. The average molecular weight is 286 g/mol. The lowest BCUT2D eigenvalue weighted by Crippen LogP contribution is -2.44. The van der Waals surface area contributed by atoms with E-state index in [1.807, 2.05) is 36.6 Å². The first-order valence-corrected chi connectivity index (χ1v) is 6.91. The Morgan fingerprint density at radius 1 is 1.52 bits per heavy atom. The topological polar surface area (TPSA) is 68.0 Å². The second-order valence-corrected chi connectivity index (χ2v) is 5.64. The number of nitrogens with zero attached hydrogens (tertiary/aromatic N) is 3. The molecular formula is C15H18N4O2. The summed E-state index contributed by atoms with van der Waals surface area (Å²) in [4.78, 5) is 21.9. The van der Waals surface area contributed by atoms with E-state index in [1.165, 1.54) is 0 Å². The molecule has 1 atom stereocenters. The molecule has 1 N–H and O–H groups in total. The van der Waals surface area contributed by atoms with Crippen molar-refractivity contribution in [3.63, 3.8) is 0 Å². The van der Waals surface area contributed by atoms with Gasteiger partial charge >= 0.3 is 0 Å². The van der Waals surface area contributed by atoms with Crippen molar-refractivity contribution in [1.82, 2.24) is 14.7 Å². The molecule has 1 amide bonds. The molecule has 0 fully saturated rings. The zero-order chi connectivity index (χ0) is 15.0. The van der Waals surface area contributed by atoms with Crippen LogP contribution in [0.1, 0.15) is 31.5 Å². The monoisotopic (exact) mass is 286 g/mol. The maximum atomic E-state index is 12.3. The summed E-state index contributed by atoms with van der Waals surface area (Å²) in [6, 6.07) is 3.98. The van der Waals surface area contributed by atoms with Crippen molar-refractivity contribution in [3.05, 3.63) is 35.8 Å². The molecule has 110 valence electrons. The first kappa shape index (κ1) is 13.6. The summed E-state index contributed by atoms with van der Waals surface area (Å²) >= 11 is 0. The molecule has 21 heavy (non-hydrogen) atoms. The standard InChI is InChI=1S/C15H18N4O2/c1-10-5-4-6-19-12(8-16-13(10)19)9-17-14(20)15(3)7-11(2)18-21-15/h4-6,8H,7,9H2,1-3H3,(H,17,20)/t15-/m0/s1. The van der Waals surface area contributed by atoms with Crippen molar-refractivity contribution in [1.29, 1.82) is 0 Å². The predicted molar refractivity (Wildman–Crippen MR) is 79.0 cm³/mol. The van der Waals surface area contributed by atoms with Gasteiger partial charge in [0.25, 0.3) is 5.91 Å². The highest BCUT2D eigenvalue weighted by Gasteiger charge is 2.40. The molecule has 0 aromatic carbocycles. The minimum absolute atomic E-state index is 0.161. The smallest absolute Gasteiger partial charge is 0.267 e. The number of nitrogens with one attached hydrogen (secondary N) is 1. The number of aryl methyl sites for hydroxylation is 1. The molecule has 1 aliphatic rings. The lowest BCUT2D eigenvalue weighted by atomic mass is 9.99. The molecule has 1 aliphatic heterocycles. The van der Waals surface area contributed by atoms with Crippen molar-refractivity contribution < 1.29 is 9.63 Å². The molecule has 0 radical (unpaired) electrons. The zero-order valence-corrected chi connectivity index (χ0v) is 12.4. The third-order valence-corrected chi connectivity index (χ3v) is 3.71. The number of carbonyl (C=O) groups is 1. The third-order valence-electron chi connectivity index (χ3n) is 3.71. The molecule has 0 saturated heterocycles. The van der Waals surface area contributed by atoms with Crippen molar-refractivity contribution in [2.45, 2.75) is 39.3 Å². The van der Waals surface area contributed by atoms with Crippen LogP contribution in [0.5, 0.6) is 0 Å². The minimum atomic E-state index is -0.902. The van der Waals surface area contributed by atoms with Crippen molar-refractivity contribution in [3.8, 4) is 0 Å². The number of oxime groups is 1. The highest BCUT2D eigenvalue weighted by atomic mass is 16.7.